The summed E-state index contributed by atoms with van der Waals surface area (Å²) in [6, 6.07) is 3.72. The third kappa shape index (κ3) is 3.58. The van der Waals surface area contributed by atoms with Gasteiger partial charge in [-0.2, -0.15) is 0 Å². The zero-order valence-electron chi connectivity index (χ0n) is 13.2. The average Bonchev–Trinajstić information content (AvgIpc) is 2.57. The Kier molecular flexibility index (Phi) is 4.71. The van der Waals surface area contributed by atoms with Crippen molar-refractivity contribution in [1.29, 1.82) is 0 Å². The van der Waals surface area contributed by atoms with Crippen LogP contribution in [0.1, 0.15) is 12.8 Å². The van der Waals surface area contributed by atoms with E-state index in [1.807, 2.05) is 17.0 Å². The van der Waals surface area contributed by atoms with E-state index < -0.39 is 0 Å². The summed E-state index contributed by atoms with van der Waals surface area (Å²) >= 11 is 5.86. The van der Waals surface area contributed by atoms with Crippen LogP contribution in [0, 0.1) is 5.92 Å². The maximum Gasteiger partial charge on any atom is 0.226 e. The van der Waals surface area contributed by atoms with E-state index in [9.17, 15) is 9.59 Å². The van der Waals surface area contributed by atoms with E-state index in [0.717, 1.165) is 25.3 Å². The molecule has 3 heterocycles. The van der Waals surface area contributed by atoms with Gasteiger partial charge < -0.3 is 14.7 Å². The molecule has 2 aliphatic rings. The van der Waals surface area contributed by atoms with E-state index >= 15 is 0 Å². The second-order valence-electron chi connectivity index (χ2n) is 6.15. The number of halogens is 1. The van der Waals surface area contributed by atoms with Gasteiger partial charge in [0.25, 0.3) is 0 Å². The third-order valence-corrected chi connectivity index (χ3v) is 4.86. The first-order valence-electron chi connectivity index (χ1n) is 7.94. The van der Waals surface area contributed by atoms with Crippen molar-refractivity contribution in [3.8, 4) is 0 Å². The fourth-order valence-corrected chi connectivity index (χ4v) is 3.23. The fourth-order valence-electron chi connectivity index (χ4n) is 3.12. The topological polar surface area (TPSA) is 56.8 Å². The summed E-state index contributed by atoms with van der Waals surface area (Å²) in [5.74, 6) is 0.920. The molecule has 1 atom stereocenters. The highest BCUT2D eigenvalue weighted by Crippen LogP contribution is 2.22. The molecule has 0 bridgehead atoms. The first-order valence-corrected chi connectivity index (χ1v) is 8.31. The van der Waals surface area contributed by atoms with E-state index in [1.165, 1.54) is 0 Å². The lowest BCUT2D eigenvalue weighted by Crippen LogP contribution is -2.52. The Morgan fingerprint density at radius 1 is 1.22 bits per heavy atom. The van der Waals surface area contributed by atoms with Gasteiger partial charge in [0.15, 0.2) is 0 Å². The predicted molar refractivity (Wildman–Crippen MR) is 88.4 cm³/mol. The molecule has 0 radical (unpaired) electrons. The molecule has 7 heteroatoms. The highest BCUT2D eigenvalue weighted by molar-refractivity contribution is 6.30. The second-order valence-corrected chi connectivity index (χ2v) is 6.59. The van der Waals surface area contributed by atoms with Crippen molar-refractivity contribution in [3.63, 3.8) is 0 Å². The molecule has 2 amide bonds. The Labute approximate surface area is 141 Å². The number of piperazine rings is 1. The Balaban J connectivity index is 1.55. The van der Waals surface area contributed by atoms with Crippen molar-refractivity contribution in [2.45, 2.75) is 12.8 Å². The molecule has 0 aromatic carbocycles. The van der Waals surface area contributed by atoms with Crippen LogP contribution in [-0.4, -0.2) is 66.4 Å². The van der Waals surface area contributed by atoms with Crippen LogP contribution < -0.4 is 4.90 Å². The number of amides is 2. The smallest absolute Gasteiger partial charge is 0.226 e. The van der Waals surface area contributed by atoms with Gasteiger partial charge in [-0.3, -0.25) is 9.59 Å². The molecule has 1 aromatic heterocycles. The lowest BCUT2D eigenvalue weighted by atomic mass is 9.94. The van der Waals surface area contributed by atoms with Gasteiger partial charge in [-0.15, -0.1) is 0 Å². The van der Waals surface area contributed by atoms with Crippen molar-refractivity contribution in [2.24, 2.45) is 5.92 Å². The van der Waals surface area contributed by atoms with E-state index in [4.69, 9.17) is 11.6 Å². The summed E-state index contributed by atoms with van der Waals surface area (Å²) < 4.78 is 0. The SMILES string of the molecule is CN1CC[C@H](C(=O)N2CCN(c3ccc(Cl)cn3)CC2)CC1=O. The molecule has 0 spiro atoms. The van der Waals surface area contributed by atoms with E-state index in [1.54, 1.807) is 18.1 Å². The van der Waals surface area contributed by atoms with Crippen LogP contribution in [0.2, 0.25) is 5.02 Å². The standard InChI is InChI=1S/C16H21ClN4O2/c1-19-5-4-12(10-15(19)22)16(23)21-8-6-20(7-9-21)14-3-2-13(17)11-18-14/h2-3,11-12H,4-10H2,1H3/t12-/m0/s1. The zero-order chi connectivity index (χ0) is 16.4. The van der Waals surface area contributed by atoms with Crippen LogP contribution in [0.4, 0.5) is 5.82 Å². The maximum absolute atomic E-state index is 12.6. The van der Waals surface area contributed by atoms with Crippen LogP contribution in [0.3, 0.4) is 0 Å². The van der Waals surface area contributed by atoms with Crippen LogP contribution in [0.5, 0.6) is 0 Å². The lowest BCUT2D eigenvalue weighted by Gasteiger charge is -2.38. The van der Waals surface area contributed by atoms with Gasteiger partial charge in [0.05, 0.1) is 5.02 Å². The predicted octanol–water partition coefficient (Wildman–Crippen LogP) is 1.25. The van der Waals surface area contributed by atoms with Crippen molar-refractivity contribution < 1.29 is 9.59 Å². The van der Waals surface area contributed by atoms with Crippen LogP contribution in [0.15, 0.2) is 18.3 Å². The molecule has 2 aliphatic heterocycles. The minimum absolute atomic E-state index is 0.0681. The first-order chi connectivity index (χ1) is 11.0. The molecule has 2 fully saturated rings. The minimum atomic E-state index is -0.154. The number of aromatic nitrogens is 1. The molecule has 3 rings (SSSR count). The number of hydrogen-bond donors (Lipinski definition) is 0. The lowest BCUT2D eigenvalue weighted by molar-refractivity contribution is -0.144. The fraction of sp³-hybridized carbons (Fsp3) is 0.562. The van der Waals surface area contributed by atoms with E-state index in [0.29, 0.717) is 31.1 Å². The van der Waals surface area contributed by atoms with Crippen LogP contribution >= 0.6 is 11.6 Å². The normalized spacial score (nSPS) is 22.4. The molecule has 0 unspecified atom stereocenters. The highest BCUT2D eigenvalue weighted by Gasteiger charge is 2.32. The van der Waals surface area contributed by atoms with Crippen molar-refractivity contribution >= 4 is 29.2 Å². The molecule has 0 aliphatic carbocycles. The van der Waals surface area contributed by atoms with Gasteiger partial charge in [0.2, 0.25) is 11.8 Å². The maximum atomic E-state index is 12.6. The number of carbonyl (C=O) groups is 2. The summed E-state index contributed by atoms with van der Waals surface area (Å²) in [5, 5.41) is 0.620. The van der Waals surface area contributed by atoms with Crippen LogP contribution in [-0.2, 0) is 9.59 Å². The average molecular weight is 337 g/mol. The highest BCUT2D eigenvalue weighted by atomic mass is 35.5. The van der Waals surface area contributed by atoms with Crippen molar-refractivity contribution in [1.82, 2.24) is 14.8 Å². The monoisotopic (exact) mass is 336 g/mol. The summed E-state index contributed by atoms with van der Waals surface area (Å²) in [6.07, 6.45) is 2.74. The van der Waals surface area contributed by atoms with Gasteiger partial charge >= 0.3 is 0 Å². The molecule has 0 saturated carbocycles. The molecular formula is C16H21ClN4O2. The number of likely N-dealkylation sites (tertiary alicyclic amines) is 1. The summed E-state index contributed by atoms with van der Waals surface area (Å²) in [7, 11) is 1.79. The Morgan fingerprint density at radius 2 is 1.96 bits per heavy atom. The quantitative estimate of drug-likeness (QED) is 0.815. The molecule has 2 saturated heterocycles. The van der Waals surface area contributed by atoms with Gasteiger partial charge in [-0.05, 0) is 18.6 Å². The summed E-state index contributed by atoms with van der Waals surface area (Å²) in [6.45, 7) is 3.51. The molecule has 124 valence electrons. The van der Waals surface area contributed by atoms with Gasteiger partial charge in [0.1, 0.15) is 5.82 Å². The first kappa shape index (κ1) is 16.1. The van der Waals surface area contributed by atoms with Crippen LogP contribution in [0.25, 0.3) is 0 Å². The second kappa shape index (κ2) is 6.74. The van der Waals surface area contributed by atoms with Gasteiger partial charge in [0, 0.05) is 58.3 Å². The molecule has 23 heavy (non-hydrogen) atoms. The number of carbonyl (C=O) groups excluding carboxylic acids is 2. The number of pyridine rings is 1. The largest absolute Gasteiger partial charge is 0.353 e. The summed E-state index contributed by atoms with van der Waals surface area (Å²) in [5.41, 5.74) is 0. The van der Waals surface area contributed by atoms with E-state index in [-0.39, 0.29) is 17.7 Å². The molecule has 0 N–H and O–H groups in total. The summed E-state index contributed by atoms with van der Waals surface area (Å²) in [4.78, 5) is 34.4. The van der Waals surface area contributed by atoms with Crippen molar-refractivity contribution in [3.05, 3.63) is 23.4 Å². The number of anilines is 1. The zero-order valence-corrected chi connectivity index (χ0v) is 14.0. The number of hydrogen-bond acceptors (Lipinski definition) is 4. The molecule has 1 aromatic rings. The third-order valence-electron chi connectivity index (χ3n) is 4.64. The van der Waals surface area contributed by atoms with Crippen molar-refractivity contribution in [2.75, 3.05) is 44.7 Å². The minimum Gasteiger partial charge on any atom is -0.353 e. The number of piperidine rings is 1. The number of nitrogens with zero attached hydrogens (tertiary/aromatic N) is 4. The van der Waals surface area contributed by atoms with Gasteiger partial charge in [-0.1, -0.05) is 11.6 Å². The Bertz CT molecular complexity index is 584. The molecular weight excluding hydrogens is 316 g/mol. The van der Waals surface area contributed by atoms with E-state index in [2.05, 4.69) is 9.88 Å². The molecule has 6 nitrogen and oxygen atoms in total. The Morgan fingerprint density at radius 3 is 2.57 bits per heavy atom. The number of rotatable bonds is 2. The van der Waals surface area contributed by atoms with Gasteiger partial charge in [-0.25, -0.2) is 4.98 Å². The Hall–Kier alpha value is -1.82.